The van der Waals surface area contributed by atoms with E-state index >= 15 is 0 Å². The summed E-state index contributed by atoms with van der Waals surface area (Å²) < 4.78 is 114. The standard InChI is InChI=1S/C22H16F8N4O4S5/c1-3-38-12-4-8-6-33(19(31)9(8)5-10(12)20(36)32-2)7-11(35)13-15(39-26)14(34(43-30)21(37)22(23,24)25)17(41-28)18(42-29)16(13)40-27/h4-5,31H,3,6-7H2,1-2H3,(H,32,36). The minimum atomic E-state index is -5.78. The number of hydrogen-bond acceptors (Lipinski definition) is 10. The molecule has 0 aromatic heterocycles. The first kappa shape index (κ1) is 35.0. The van der Waals surface area contributed by atoms with E-state index in [1.807, 2.05) is 0 Å². The highest BCUT2D eigenvalue weighted by atomic mass is 32.2. The first-order valence-corrected chi connectivity index (χ1v) is 14.9. The van der Waals surface area contributed by atoms with Gasteiger partial charge in [-0.15, -0.1) is 3.89 Å². The average molecular weight is 713 g/mol. The molecule has 8 nitrogen and oxygen atoms in total. The number of ether oxygens (including phenoxy) is 1. The molecular formula is C22H16F8N4O4S5. The molecule has 0 atom stereocenters. The molecule has 2 aromatic carbocycles. The van der Waals surface area contributed by atoms with E-state index in [1.165, 1.54) is 19.2 Å². The number of carbonyl (C=O) groups is 3. The predicted molar refractivity (Wildman–Crippen MR) is 149 cm³/mol. The number of benzene rings is 2. The van der Waals surface area contributed by atoms with Crippen molar-refractivity contribution in [3.8, 4) is 5.75 Å². The van der Waals surface area contributed by atoms with Crippen molar-refractivity contribution in [1.82, 2.24) is 10.2 Å². The molecule has 234 valence electrons. The number of Topliss-reactive ketones (excluding diaryl/α,β-unsaturated/α-hetero) is 1. The van der Waals surface area contributed by atoms with Gasteiger partial charge in [0.15, 0.2) is 18.1 Å². The van der Waals surface area contributed by atoms with Crippen molar-refractivity contribution in [3.05, 3.63) is 34.4 Å². The van der Waals surface area contributed by atoms with Gasteiger partial charge in [0.1, 0.15) is 11.6 Å². The van der Waals surface area contributed by atoms with Gasteiger partial charge in [0.25, 0.3) is 5.91 Å². The summed E-state index contributed by atoms with van der Waals surface area (Å²) in [5.41, 5.74) is -2.00. The fourth-order valence-corrected chi connectivity index (χ4v) is 6.97. The second-order valence-corrected chi connectivity index (χ2v) is 10.9. The SMILES string of the molecule is CCOc1cc2c(cc1C(=O)NC)C(=N)N(CC(=O)c1c(SF)c(SF)c(SF)c(N(SF)C(=O)C(F)(F)F)c1SF)C2. The Kier molecular flexibility index (Phi) is 11.8. The predicted octanol–water partition coefficient (Wildman–Crippen LogP) is 7.80. The van der Waals surface area contributed by atoms with Crippen molar-refractivity contribution in [2.75, 3.05) is 24.5 Å². The first-order chi connectivity index (χ1) is 20.3. The van der Waals surface area contributed by atoms with Crippen LogP contribution in [0.5, 0.6) is 5.75 Å². The lowest BCUT2D eigenvalue weighted by Gasteiger charge is -2.26. The lowest BCUT2D eigenvalue weighted by Crippen LogP contribution is -2.37. The van der Waals surface area contributed by atoms with Gasteiger partial charge in [-0.1, -0.05) is 0 Å². The highest BCUT2D eigenvalue weighted by molar-refractivity contribution is 7.99. The molecule has 1 aliphatic rings. The van der Waals surface area contributed by atoms with Crippen LogP contribution >= 0.6 is 60.9 Å². The maximum absolute atomic E-state index is 14.3. The number of amides is 2. The molecule has 0 fully saturated rings. The third-order valence-electron chi connectivity index (χ3n) is 5.83. The Morgan fingerprint density at radius 3 is 2.09 bits per heavy atom. The normalized spacial score (nSPS) is 12.8. The van der Waals surface area contributed by atoms with Crippen molar-refractivity contribution in [2.45, 2.75) is 39.2 Å². The van der Waals surface area contributed by atoms with Gasteiger partial charge < -0.3 is 15.0 Å². The number of fused-ring (bicyclic) bond motifs is 1. The second kappa shape index (κ2) is 14.5. The number of nitrogens with zero attached hydrogens (tertiary/aromatic N) is 2. The number of nitrogens with one attached hydrogen (secondary N) is 2. The Morgan fingerprint density at radius 1 is 1.00 bits per heavy atom. The van der Waals surface area contributed by atoms with E-state index in [0.29, 0.717) is 5.56 Å². The van der Waals surface area contributed by atoms with E-state index in [9.17, 15) is 47.0 Å². The quantitative estimate of drug-likeness (QED) is 0.129. The molecule has 43 heavy (non-hydrogen) atoms. The molecule has 0 aliphatic carbocycles. The number of anilines is 1. The summed E-state index contributed by atoms with van der Waals surface area (Å²) >= 11 is -5.28. The molecule has 0 radical (unpaired) electrons. The largest absolute Gasteiger partial charge is 0.493 e. The number of alkyl halides is 3. The monoisotopic (exact) mass is 712 g/mol. The summed E-state index contributed by atoms with van der Waals surface area (Å²) in [4.78, 5) is 34.0. The molecule has 0 spiro atoms. The van der Waals surface area contributed by atoms with Gasteiger partial charge >= 0.3 is 12.1 Å². The minimum Gasteiger partial charge on any atom is -0.493 e. The number of ketones is 1. The van der Waals surface area contributed by atoms with Gasteiger partial charge in [0.2, 0.25) is 0 Å². The zero-order valence-corrected chi connectivity index (χ0v) is 25.5. The molecular weight excluding hydrogens is 697 g/mol. The fraction of sp³-hybridized carbons (Fsp3) is 0.273. The molecule has 1 heterocycles. The molecule has 2 N–H and O–H groups in total. The number of carbonyl (C=O) groups excluding carboxylic acids is 3. The van der Waals surface area contributed by atoms with E-state index in [-0.39, 0.29) is 35.9 Å². The molecule has 21 heteroatoms. The van der Waals surface area contributed by atoms with Crippen molar-refractivity contribution >= 4 is 90.0 Å². The van der Waals surface area contributed by atoms with E-state index < -0.39 is 126 Å². The lowest BCUT2D eigenvalue weighted by atomic mass is 10.0. The molecule has 0 saturated carbocycles. The van der Waals surface area contributed by atoms with Gasteiger partial charge in [0, 0.05) is 19.2 Å². The first-order valence-electron chi connectivity index (χ1n) is 11.3. The number of hydrogen-bond donors (Lipinski definition) is 2. The van der Waals surface area contributed by atoms with Crippen molar-refractivity contribution in [2.24, 2.45) is 0 Å². The Morgan fingerprint density at radius 2 is 1.60 bits per heavy atom. The molecule has 1 aliphatic heterocycles. The Labute approximate surface area is 260 Å². The molecule has 2 amide bonds. The van der Waals surface area contributed by atoms with Crippen LogP contribution in [0.15, 0.2) is 31.7 Å². The molecule has 3 rings (SSSR count). The summed E-state index contributed by atoms with van der Waals surface area (Å²) in [5.74, 6) is -5.01. The van der Waals surface area contributed by atoms with E-state index in [0.717, 1.165) is 4.90 Å². The Bertz CT molecular complexity index is 1470. The van der Waals surface area contributed by atoms with Crippen molar-refractivity contribution in [3.63, 3.8) is 0 Å². The van der Waals surface area contributed by atoms with Gasteiger partial charge in [-0.3, -0.25) is 19.8 Å². The zero-order chi connectivity index (χ0) is 32.2. The van der Waals surface area contributed by atoms with E-state index in [4.69, 9.17) is 10.1 Å². The van der Waals surface area contributed by atoms with Crippen LogP contribution in [-0.2, 0) is 11.3 Å². The van der Waals surface area contributed by atoms with E-state index in [1.54, 1.807) is 6.92 Å². The van der Waals surface area contributed by atoms with Gasteiger partial charge in [-0.2, -0.15) is 28.7 Å². The average Bonchev–Trinajstić information content (AvgIpc) is 3.28. The van der Waals surface area contributed by atoms with Crippen LogP contribution in [-0.4, -0.2) is 54.7 Å². The summed E-state index contributed by atoms with van der Waals surface area (Å²) in [6, 6.07) is 2.76. The van der Waals surface area contributed by atoms with Crippen LogP contribution in [0.2, 0.25) is 0 Å². The van der Waals surface area contributed by atoms with Crippen LogP contribution in [0.25, 0.3) is 0 Å². The third kappa shape index (κ3) is 6.79. The zero-order valence-electron chi connectivity index (χ0n) is 21.4. The fourth-order valence-electron chi connectivity index (χ4n) is 4.06. The highest BCUT2D eigenvalue weighted by Gasteiger charge is 2.47. The molecule has 0 saturated heterocycles. The topological polar surface area (TPSA) is 103 Å². The van der Waals surface area contributed by atoms with Crippen molar-refractivity contribution < 1.29 is 51.7 Å². The van der Waals surface area contributed by atoms with Crippen LogP contribution in [0.3, 0.4) is 0 Å². The van der Waals surface area contributed by atoms with Gasteiger partial charge in [-0.05, 0) is 24.6 Å². The van der Waals surface area contributed by atoms with Crippen molar-refractivity contribution in [1.29, 1.82) is 5.41 Å². The van der Waals surface area contributed by atoms with Crippen LogP contribution in [0.1, 0.15) is 38.8 Å². The Hall–Kier alpha value is -2.49. The van der Waals surface area contributed by atoms with Gasteiger partial charge in [0.05, 0.1) is 98.1 Å². The summed E-state index contributed by atoms with van der Waals surface area (Å²) in [7, 11) is 1.36. The van der Waals surface area contributed by atoms with Crippen LogP contribution < -0.4 is 14.4 Å². The minimum absolute atomic E-state index is 0.0555. The van der Waals surface area contributed by atoms with Gasteiger partial charge in [-0.25, -0.2) is 4.31 Å². The molecule has 0 bridgehead atoms. The van der Waals surface area contributed by atoms with Crippen LogP contribution in [0, 0.1) is 5.41 Å². The summed E-state index contributed by atoms with van der Waals surface area (Å²) in [6.45, 7) is 0.761. The maximum atomic E-state index is 14.3. The number of rotatable bonds is 12. The molecule has 2 aromatic rings. The number of amidine groups is 1. The Balaban J connectivity index is 2.16. The second-order valence-electron chi connectivity index (χ2n) is 8.16. The maximum Gasteiger partial charge on any atom is 0.472 e. The third-order valence-corrected chi connectivity index (χ3v) is 8.80. The summed E-state index contributed by atoms with van der Waals surface area (Å²) in [5, 5.41) is 10.9. The lowest BCUT2D eigenvalue weighted by molar-refractivity contribution is -0.168. The summed E-state index contributed by atoms with van der Waals surface area (Å²) in [6.07, 6.45) is -5.78. The van der Waals surface area contributed by atoms with E-state index in [2.05, 4.69) is 5.32 Å². The van der Waals surface area contributed by atoms with Crippen LogP contribution in [0.4, 0.5) is 38.3 Å². The molecule has 0 unspecified atom stereocenters. The smallest absolute Gasteiger partial charge is 0.472 e. The highest BCUT2D eigenvalue weighted by Crippen LogP contribution is 2.54. The number of halogens is 8.